The number of likely N-dealkylation sites (tertiary alicyclic amines) is 1. The van der Waals surface area contributed by atoms with Crippen LogP contribution in [-0.2, 0) is 0 Å². The molecule has 21 heavy (non-hydrogen) atoms. The largest absolute Gasteiger partial charge is 0.393 e. The summed E-state index contributed by atoms with van der Waals surface area (Å²) in [7, 11) is 0. The maximum atomic E-state index is 10.1. The van der Waals surface area contributed by atoms with Crippen LogP contribution in [0.4, 0.5) is 0 Å². The SMILES string of the molecule is CC(O)C1CC(NCC2CCC2)CN(C2CCCCC2)C1. The first-order chi connectivity index (χ1) is 10.2. The Kier molecular flexibility index (Phi) is 5.58. The highest BCUT2D eigenvalue weighted by Gasteiger charge is 2.34. The number of hydrogen-bond acceptors (Lipinski definition) is 3. The molecule has 3 rings (SSSR count). The van der Waals surface area contributed by atoms with Gasteiger partial charge in [-0.15, -0.1) is 0 Å². The molecule has 1 saturated heterocycles. The molecule has 1 heterocycles. The molecular formula is C18H34N2O. The van der Waals surface area contributed by atoms with E-state index in [0.717, 1.165) is 24.9 Å². The summed E-state index contributed by atoms with van der Waals surface area (Å²) >= 11 is 0. The Morgan fingerprint density at radius 3 is 2.43 bits per heavy atom. The van der Waals surface area contributed by atoms with Crippen molar-refractivity contribution in [2.45, 2.75) is 82.9 Å². The summed E-state index contributed by atoms with van der Waals surface area (Å²) in [5.41, 5.74) is 0. The quantitative estimate of drug-likeness (QED) is 0.818. The fourth-order valence-corrected chi connectivity index (χ4v) is 4.45. The lowest BCUT2D eigenvalue weighted by atomic mass is 9.84. The highest BCUT2D eigenvalue weighted by molar-refractivity contribution is 4.90. The predicted octanol–water partition coefficient (Wildman–Crippen LogP) is 2.78. The van der Waals surface area contributed by atoms with Crippen molar-refractivity contribution < 1.29 is 5.11 Å². The van der Waals surface area contributed by atoms with Crippen molar-refractivity contribution in [2.75, 3.05) is 19.6 Å². The molecule has 3 atom stereocenters. The van der Waals surface area contributed by atoms with Gasteiger partial charge in [-0.3, -0.25) is 4.90 Å². The van der Waals surface area contributed by atoms with Gasteiger partial charge in [0.2, 0.25) is 0 Å². The summed E-state index contributed by atoms with van der Waals surface area (Å²) in [5, 5.41) is 13.9. The summed E-state index contributed by atoms with van der Waals surface area (Å²) in [6, 6.07) is 1.38. The van der Waals surface area contributed by atoms with Crippen molar-refractivity contribution in [1.29, 1.82) is 0 Å². The summed E-state index contributed by atoms with van der Waals surface area (Å²) < 4.78 is 0. The second-order valence-corrected chi connectivity index (χ2v) is 7.88. The van der Waals surface area contributed by atoms with E-state index in [2.05, 4.69) is 10.2 Å². The summed E-state index contributed by atoms with van der Waals surface area (Å²) in [6.07, 6.45) is 12.3. The first-order valence-corrected chi connectivity index (χ1v) is 9.38. The minimum absolute atomic E-state index is 0.163. The molecule has 0 spiro atoms. The van der Waals surface area contributed by atoms with Crippen LogP contribution in [0.5, 0.6) is 0 Å². The summed E-state index contributed by atoms with van der Waals surface area (Å²) in [6.45, 7) is 5.51. The third-order valence-electron chi connectivity index (χ3n) is 6.20. The molecule has 0 radical (unpaired) electrons. The molecule has 2 saturated carbocycles. The minimum atomic E-state index is -0.163. The van der Waals surface area contributed by atoms with Crippen LogP contribution in [0, 0.1) is 11.8 Å². The van der Waals surface area contributed by atoms with Gasteiger partial charge in [-0.25, -0.2) is 0 Å². The summed E-state index contributed by atoms with van der Waals surface area (Å²) in [5.74, 6) is 1.39. The van der Waals surface area contributed by atoms with Crippen molar-refractivity contribution in [3.63, 3.8) is 0 Å². The molecule has 3 unspecified atom stereocenters. The number of hydrogen-bond donors (Lipinski definition) is 2. The number of rotatable bonds is 5. The number of piperidine rings is 1. The zero-order chi connectivity index (χ0) is 14.7. The molecule has 3 heteroatoms. The van der Waals surface area contributed by atoms with Crippen LogP contribution >= 0.6 is 0 Å². The molecule has 3 nitrogen and oxygen atoms in total. The fourth-order valence-electron chi connectivity index (χ4n) is 4.45. The maximum Gasteiger partial charge on any atom is 0.0553 e. The molecular weight excluding hydrogens is 260 g/mol. The van der Waals surface area contributed by atoms with Crippen LogP contribution in [0.15, 0.2) is 0 Å². The van der Waals surface area contributed by atoms with Crippen LogP contribution in [-0.4, -0.2) is 47.8 Å². The average molecular weight is 294 g/mol. The third kappa shape index (κ3) is 4.20. The number of nitrogens with zero attached hydrogens (tertiary/aromatic N) is 1. The topological polar surface area (TPSA) is 35.5 Å². The molecule has 122 valence electrons. The molecule has 0 aromatic carbocycles. The van der Waals surface area contributed by atoms with Crippen LogP contribution in [0.1, 0.15) is 64.7 Å². The smallest absolute Gasteiger partial charge is 0.0553 e. The molecule has 3 aliphatic rings. The van der Waals surface area contributed by atoms with E-state index in [1.165, 1.54) is 64.5 Å². The predicted molar refractivity (Wildman–Crippen MR) is 87.4 cm³/mol. The number of aliphatic hydroxyl groups is 1. The van der Waals surface area contributed by atoms with Gasteiger partial charge < -0.3 is 10.4 Å². The van der Waals surface area contributed by atoms with Crippen molar-refractivity contribution in [3.05, 3.63) is 0 Å². The summed E-state index contributed by atoms with van der Waals surface area (Å²) in [4.78, 5) is 2.71. The van der Waals surface area contributed by atoms with Gasteiger partial charge >= 0.3 is 0 Å². The Bertz CT molecular complexity index is 310. The van der Waals surface area contributed by atoms with E-state index in [0.29, 0.717) is 12.0 Å². The van der Waals surface area contributed by atoms with E-state index < -0.39 is 0 Å². The van der Waals surface area contributed by atoms with E-state index in [9.17, 15) is 5.11 Å². The second kappa shape index (κ2) is 7.43. The van der Waals surface area contributed by atoms with Crippen LogP contribution in [0.3, 0.4) is 0 Å². The fraction of sp³-hybridized carbons (Fsp3) is 1.00. The third-order valence-corrected chi connectivity index (χ3v) is 6.20. The Labute approximate surface area is 130 Å². The van der Waals surface area contributed by atoms with Gasteiger partial charge in [0.15, 0.2) is 0 Å². The zero-order valence-electron chi connectivity index (χ0n) is 13.8. The molecule has 0 aromatic rings. The van der Waals surface area contributed by atoms with Crippen LogP contribution in [0.25, 0.3) is 0 Å². The lowest BCUT2D eigenvalue weighted by molar-refractivity contribution is 0.0195. The van der Waals surface area contributed by atoms with Gasteiger partial charge in [0.05, 0.1) is 6.10 Å². The van der Waals surface area contributed by atoms with Gasteiger partial charge in [0.1, 0.15) is 0 Å². The van der Waals surface area contributed by atoms with E-state index in [1.807, 2.05) is 6.92 Å². The average Bonchev–Trinajstić information content (AvgIpc) is 2.46. The molecule has 1 aliphatic heterocycles. The molecule has 3 fully saturated rings. The van der Waals surface area contributed by atoms with E-state index >= 15 is 0 Å². The molecule has 0 aromatic heterocycles. The normalized spacial score (nSPS) is 34.6. The highest BCUT2D eigenvalue weighted by Crippen LogP contribution is 2.29. The Morgan fingerprint density at radius 1 is 1.05 bits per heavy atom. The standard InChI is InChI=1S/C18H34N2O/c1-14(21)16-10-17(19-11-15-6-5-7-15)13-20(12-16)18-8-3-2-4-9-18/h14-19,21H,2-13H2,1H3. The van der Waals surface area contributed by atoms with Crippen molar-refractivity contribution in [2.24, 2.45) is 11.8 Å². The number of aliphatic hydroxyl groups excluding tert-OH is 1. The lowest BCUT2D eigenvalue weighted by Gasteiger charge is -2.45. The van der Waals surface area contributed by atoms with Gasteiger partial charge in [0.25, 0.3) is 0 Å². The Balaban J connectivity index is 1.54. The molecule has 2 N–H and O–H groups in total. The Hall–Kier alpha value is -0.120. The van der Waals surface area contributed by atoms with E-state index in [-0.39, 0.29) is 6.10 Å². The monoisotopic (exact) mass is 294 g/mol. The molecule has 0 bridgehead atoms. The number of nitrogens with one attached hydrogen (secondary N) is 1. The van der Waals surface area contributed by atoms with Crippen LogP contribution < -0.4 is 5.32 Å². The van der Waals surface area contributed by atoms with Gasteiger partial charge in [-0.05, 0) is 57.4 Å². The van der Waals surface area contributed by atoms with Crippen molar-refractivity contribution >= 4 is 0 Å². The maximum absolute atomic E-state index is 10.1. The Morgan fingerprint density at radius 2 is 1.81 bits per heavy atom. The van der Waals surface area contributed by atoms with Gasteiger partial charge in [0, 0.05) is 25.2 Å². The zero-order valence-corrected chi connectivity index (χ0v) is 13.8. The molecule has 0 amide bonds. The first kappa shape index (κ1) is 15.8. The first-order valence-electron chi connectivity index (χ1n) is 9.38. The highest BCUT2D eigenvalue weighted by atomic mass is 16.3. The van der Waals surface area contributed by atoms with Crippen molar-refractivity contribution in [1.82, 2.24) is 10.2 Å². The van der Waals surface area contributed by atoms with E-state index in [1.54, 1.807) is 0 Å². The van der Waals surface area contributed by atoms with E-state index in [4.69, 9.17) is 0 Å². The van der Waals surface area contributed by atoms with Gasteiger partial charge in [-0.1, -0.05) is 25.7 Å². The minimum Gasteiger partial charge on any atom is -0.393 e. The second-order valence-electron chi connectivity index (χ2n) is 7.88. The van der Waals surface area contributed by atoms with Crippen LogP contribution in [0.2, 0.25) is 0 Å². The lowest BCUT2D eigenvalue weighted by Crippen LogP contribution is -2.55. The van der Waals surface area contributed by atoms with Gasteiger partial charge in [-0.2, -0.15) is 0 Å². The molecule has 2 aliphatic carbocycles. The van der Waals surface area contributed by atoms with Crippen molar-refractivity contribution in [3.8, 4) is 0 Å².